The average molecular weight is 280 g/mol. The molecule has 1 aliphatic heterocycles. The Hall–Kier alpha value is -2.05. The van der Waals surface area contributed by atoms with Crippen molar-refractivity contribution in [1.82, 2.24) is 19.8 Å². The highest BCUT2D eigenvalue weighted by Gasteiger charge is 2.39. The first kappa shape index (κ1) is 14.4. The van der Waals surface area contributed by atoms with Crippen molar-refractivity contribution in [3.63, 3.8) is 0 Å². The second kappa shape index (κ2) is 5.94. The molecule has 0 bridgehead atoms. The summed E-state index contributed by atoms with van der Waals surface area (Å²) in [6.07, 6.45) is 6.53. The van der Waals surface area contributed by atoms with E-state index in [1.165, 1.54) is 0 Å². The number of amides is 2. The molecular weight excluding hydrogens is 260 g/mol. The number of rotatable bonds is 4. The predicted octanol–water partition coefficient (Wildman–Crippen LogP) is 0.779. The Morgan fingerprint density at radius 2 is 2.30 bits per heavy atom. The van der Waals surface area contributed by atoms with E-state index >= 15 is 0 Å². The average Bonchev–Trinajstić information content (AvgIpc) is 2.91. The SMILES string of the molecule is CC1(C(=O)O)CCCN(C(=O)NCCn2ccnc2)C1. The zero-order valence-electron chi connectivity index (χ0n) is 11.6. The molecule has 1 aliphatic rings. The predicted molar refractivity (Wildman–Crippen MR) is 72.2 cm³/mol. The minimum absolute atomic E-state index is 0.197. The maximum atomic E-state index is 12.0. The minimum Gasteiger partial charge on any atom is -0.481 e. The van der Waals surface area contributed by atoms with Crippen LogP contribution in [-0.4, -0.2) is 51.2 Å². The van der Waals surface area contributed by atoms with Crippen LogP contribution in [0.25, 0.3) is 0 Å². The summed E-state index contributed by atoms with van der Waals surface area (Å²) in [5, 5.41) is 12.0. The Labute approximate surface area is 117 Å². The lowest BCUT2D eigenvalue weighted by Crippen LogP contribution is -2.51. The van der Waals surface area contributed by atoms with E-state index in [2.05, 4.69) is 10.3 Å². The number of carboxylic acids is 1. The van der Waals surface area contributed by atoms with Crippen molar-refractivity contribution in [3.05, 3.63) is 18.7 Å². The molecule has 110 valence electrons. The maximum absolute atomic E-state index is 12.0. The summed E-state index contributed by atoms with van der Waals surface area (Å²) >= 11 is 0. The Morgan fingerprint density at radius 1 is 1.50 bits per heavy atom. The molecule has 1 fully saturated rings. The first-order chi connectivity index (χ1) is 9.51. The molecule has 2 N–H and O–H groups in total. The standard InChI is InChI=1S/C13H20N4O3/c1-13(11(18)19)3-2-6-17(9-13)12(20)15-5-8-16-7-4-14-10-16/h4,7,10H,2-3,5-6,8-9H2,1H3,(H,15,20)(H,18,19). The highest BCUT2D eigenvalue weighted by Crippen LogP contribution is 2.29. The number of aliphatic carboxylic acids is 1. The fourth-order valence-corrected chi connectivity index (χ4v) is 2.41. The molecule has 0 radical (unpaired) electrons. The van der Waals surface area contributed by atoms with Gasteiger partial charge < -0.3 is 19.9 Å². The van der Waals surface area contributed by atoms with Gasteiger partial charge in [-0.05, 0) is 19.8 Å². The number of carboxylic acid groups (broad SMARTS) is 1. The minimum atomic E-state index is -0.839. The van der Waals surface area contributed by atoms with E-state index in [0.29, 0.717) is 26.1 Å². The number of urea groups is 1. The number of piperidine rings is 1. The molecule has 0 saturated carbocycles. The summed E-state index contributed by atoms with van der Waals surface area (Å²) < 4.78 is 1.87. The zero-order chi connectivity index (χ0) is 14.6. The van der Waals surface area contributed by atoms with Crippen LogP contribution in [0, 0.1) is 5.41 Å². The van der Waals surface area contributed by atoms with Crippen LogP contribution in [0.5, 0.6) is 0 Å². The summed E-state index contributed by atoms with van der Waals surface area (Å²) in [5.74, 6) is -0.839. The number of carbonyl (C=O) groups is 2. The van der Waals surface area contributed by atoms with Crippen molar-refractivity contribution in [1.29, 1.82) is 0 Å². The second-order valence-electron chi connectivity index (χ2n) is 5.42. The molecule has 2 heterocycles. The summed E-state index contributed by atoms with van der Waals surface area (Å²) in [4.78, 5) is 28.8. The Kier molecular flexibility index (Phi) is 4.26. The number of carbonyl (C=O) groups excluding carboxylic acids is 1. The van der Waals surface area contributed by atoms with Crippen LogP contribution in [0.15, 0.2) is 18.7 Å². The van der Waals surface area contributed by atoms with Crippen molar-refractivity contribution in [3.8, 4) is 0 Å². The fraction of sp³-hybridized carbons (Fsp3) is 0.615. The molecule has 20 heavy (non-hydrogen) atoms. The van der Waals surface area contributed by atoms with Crippen LogP contribution >= 0.6 is 0 Å². The third-order valence-electron chi connectivity index (χ3n) is 3.71. The second-order valence-corrected chi connectivity index (χ2v) is 5.42. The molecule has 1 aromatic rings. The molecule has 2 rings (SSSR count). The van der Waals surface area contributed by atoms with E-state index < -0.39 is 11.4 Å². The summed E-state index contributed by atoms with van der Waals surface area (Å²) in [7, 11) is 0. The highest BCUT2D eigenvalue weighted by atomic mass is 16.4. The van der Waals surface area contributed by atoms with Gasteiger partial charge in [-0.15, -0.1) is 0 Å². The van der Waals surface area contributed by atoms with Gasteiger partial charge in [0.2, 0.25) is 0 Å². The van der Waals surface area contributed by atoms with E-state index in [1.807, 2.05) is 10.8 Å². The molecule has 0 spiro atoms. The Balaban J connectivity index is 1.81. The Bertz CT molecular complexity index is 474. The van der Waals surface area contributed by atoms with Crippen molar-refractivity contribution in [2.45, 2.75) is 26.3 Å². The van der Waals surface area contributed by atoms with Gasteiger partial charge in [-0.1, -0.05) is 0 Å². The zero-order valence-corrected chi connectivity index (χ0v) is 11.6. The fourth-order valence-electron chi connectivity index (χ4n) is 2.41. The number of aromatic nitrogens is 2. The third kappa shape index (κ3) is 3.28. The van der Waals surface area contributed by atoms with Gasteiger partial charge in [-0.25, -0.2) is 9.78 Å². The first-order valence-electron chi connectivity index (χ1n) is 6.73. The summed E-state index contributed by atoms with van der Waals surface area (Å²) in [6, 6.07) is -0.197. The monoisotopic (exact) mass is 280 g/mol. The lowest BCUT2D eigenvalue weighted by Gasteiger charge is -2.37. The number of hydrogen-bond donors (Lipinski definition) is 2. The van der Waals surface area contributed by atoms with E-state index in [4.69, 9.17) is 0 Å². The number of nitrogens with zero attached hydrogens (tertiary/aromatic N) is 3. The highest BCUT2D eigenvalue weighted by molar-refractivity contribution is 5.78. The largest absolute Gasteiger partial charge is 0.481 e. The number of likely N-dealkylation sites (tertiary alicyclic amines) is 1. The van der Waals surface area contributed by atoms with E-state index in [1.54, 1.807) is 24.3 Å². The molecule has 1 saturated heterocycles. The summed E-state index contributed by atoms with van der Waals surface area (Å²) in [5.41, 5.74) is -0.833. The van der Waals surface area contributed by atoms with Crippen LogP contribution in [0.1, 0.15) is 19.8 Å². The van der Waals surface area contributed by atoms with Crippen molar-refractivity contribution in [2.75, 3.05) is 19.6 Å². The normalized spacial score (nSPS) is 22.6. The molecular formula is C13H20N4O3. The number of imidazole rings is 1. The first-order valence-corrected chi connectivity index (χ1v) is 6.73. The van der Waals surface area contributed by atoms with E-state index in [0.717, 1.165) is 6.42 Å². The van der Waals surface area contributed by atoms with Gasteiger partial charge in [0.1, 0.15) is 0 Å². The van der Waals surface area contributed by atoms with Crippen LogP contribution in [-0.2, 0) is 11.3 Å². The number of nitrogens with one attached hydrogen (secondary N) is 1. The molecule has 2 amide bonds. The third-order valence-corrected chi connectivity index (χ3v) is 3.71. The van der Waals surface area contributed by atoms with Gasteiger partial charge in [0.15, 0.2) is 0 Å². The lowest BCUT2D eigenvalue weighted by molar-refractivity contribution is -0.150. The van der Waals surface area contributed by atoms with Gasteiger partial charge >= 0.3 is 12.0 Å². The maximum Gasteiger partial charge on any atom is 0.317 e. The lowest BCUT2D eigenvalue weighted by atomic mass is 9.82. The van der Waals surface area contributed by atoms with E-state index in [-0.39, 0.29) is 12.6 Å². The molecule has 1 atom stereocenters. The van der Waals surface area contributed by atoms with Crippen molar-refractivity contribution in [2.24, 2.45) is 5.41 Å². The smallest absolute Gasteiger partial charge is 0.317 e. The van der Waals surface area contributed by atoms with Crippen LogP contribution in [0.2, 0.25) is 0 Å². The topological polar surface area (TPSA) is 87.5 Å². The van der Waals surface area contributed by atoms with Gasteiger partial charge in [0.25, 0.3) is 0 Å². The molecule has 1 unspecified atom stereocenters. The van der Waals surface area contributed by atoms with Gasteiger partial charge in [0, 0.05) is 38.6 Å². The Morgan fingerprint density at radius 3 is 2.95 bits per heavy atom. The quantitative estimate of drug-likeness (QED) is 0.853. The van der Waals surface area contributed by atoms with Crippen LogP contribution in [0.4, 0.5) is 4.79 Å². The summed E-state index contributed by atoms with van der Waals surface area (Å²) in [6.45, 7) is 3.71. The number of hydrogen-bond acceptors (Lipinski definition) is 3. The van der Waals surface area contributed by atoms with Crippen LogP contribution in [0.3, 0.4) is 0 Å². The van der Waals surface area contributed by atoms with Crippen molar-refractivity contribution < 1.29 is 14.7 Å². The van der Waals surface area contributed by atoms with Gasteiger partial charge in [-0.2, -0.15) is 0 Å². The molecule has 0 aromatic carbocycles. The van der Waals surface area contributed by atoms with E-state index in [9.17, 15) is 14.7 Å². The van der Waals surface area contributed by atoms with Gasteiger partial charge in [0.05, 0.1) is 11.7 Å². The van der Waals surface area contributed by atoms with Gasteiger partial charge in [-0.3, -0.25) is 4.79 Å². The molecule has 7 heteroatoms. The molecule has 7 nitrogen and oxygen atoms in total. The van der Waals surface area contributed by atoms with Crippen LogP contribution < -0.4 is 5.32 Å². The molecule has 0 aliphatic carbocycles. The molecule has 1 aromatic heterocycles. The van der Waals surface area contributed by atoms with Crippen molar-refractivity contribution >= 4 is 12.0 Å².